The van der Waals surface area contributed by atoms with E-state index < -0.39 is 19.9 Å². The van der Waals surface area contributed by atoms with Gasteiger partial charge < -0.3 is 5.32 Å². The van der Waals surface area contributed by atoms with E-state index in [9.17, 15) is 21.6 Å². The summed E-state index contributed by atoms with van der Waals surface area (Å²) in [5.74, 6) is -0.402. The molecule has 30 heavy (non-hydrogen) atoms. The monoisotopic (exact) mass is 468 g/mol. The van der Waals surface area contributed by atoms with Crippen molar-refractivity contribution in [3.8, 4) is 0 Å². The molecule has 1 fully saturated rings. The second-order valence-electron chi connectivity index (χ2n) is 7.11. The molecule has 7 nitrogen and oxygen atoms in total. The molecule has 0 aliphatic carbocycles. The number of nitrogens with zero attached hydrogens (tertiary/aromatic N) is 1. The van der Waals surface area contributed by atoms with Crippen LogP contribution in [0.1, 0.15) is 12.8 Å². The second-order valence-corrected chi connectivity index (χ2v) is 11.9. The number of thioether (sulfide) groups is 1. The molecule has 2 aromatic rings. The molecule has 1 aliphatic rings. The smallest absolute Gasteiger partial charge is 0.243 e. The van der Waals surface area contributed by atoms with E-state index in [1.54, 1.807) is 11.8 Å². The predicted molar refractivity (Wildman–Crippen MR) is 118 cm³/mol. The summed E-state index contributed by atoms with van der Waals surface area (Å²) in [5.41, 5.74) is 0.752. The Labute approximate surface area is 181 Å². The number of benzene rings is 2. The van der Waals surface area contributed by atoms with Gasteiger partial charge >= 0.3 is 0 Å². The third-order valence-electron chi connectivity index (χ3n) is 5.06. The summed E-state index contributed by atoms with van der Waals surface area (Å²) in [7, 11) is -7.34. The summed E-state index contributed by atoms with van der Waals surface area (Å²) in [6.45, 7) is 0.404. The number of carbonyl (C=O) groups is 1. The molecule has 0 spiro atoms. The second kappa shape index (κ2) is 9.09. The van der Waals surface area contributed by atoms with Crippen molar-refractivity contribution in [2.45, 2.75) is 27.5 Å². The minimum absolute atomic E-state index is 0.0368. The van der Waals surface area contributed by atoms with Gasteiger partial charge in [-0.25, -0.2) is 16.8 Å². The molecule has 1 amide bonds. The molecule has 0 unspecified atom stereocenters. The highest BCUT2D eigenvalue weighted by Crippen LogP contribution is 2.28. The lowest BCUT2D eigenvalue weighted by Crippen LogP contribution is -2.41. The van der Waals surface area contributed by atoms with Crippen LogP contribution < -0.4 is 5.32 Å². The zero-order chi connectivity index (χ0) is 21.9. The lowest BCUT2D eigenvalue weighted by molar-refractivity contribution is -0.120. The number of nitrogens with one attached hydrogen (secondary N) is 1. The molecule has 0 aromatic heterocycles. The Hall–Kier alpha value is -1.88. The Balaban J connectivity index is 1.68. The lowest BCUT2D eigenvalue weighted by Gasteiger charge is -2.30. The van der Waals surface area contributed by atoms with Gasteiger partial charge in [-0.3, -0.25) is 4.79 Å². The van der Waals surface area contributed by atoms with E-state index in [4.69, 9.17) is 0 Å². The Morgan fingerprint density at radius 1 is 1.00 bits per heavy atom. The predicted octanol–water partition coefficient (Wildman–Crippen LogP) is 2.85. The van der Waals surface area contributed by atoms with Gasteiger partial charge in [-0.15, -0.1) is 11.8 Å². The van der Waals surface area contributed by atoms with Gasteiger partial charge in [0.05, 0.1) is 15.5 Å². The van der Waals surface area contributed by atoms with Crippen LogP contribution in [0.15, 0.2) is 63.2 Å². The van der Waals surface area contributed by atoms with Gasteiger partial charge in [0.1, 0.15) is 0 Å². The molecule has 0 atom stereocenters. The SMILES string of the molecule is CSc1ccccc1NC(=O)C1CCN(S(=O)(=O)c2cccc(S(C)(=O)=O)c2)CC1. The van der Waals surface area contributed by atoms with Crippen molar-refractivity contribution in [1.29, 1.82) is 0 Å². The van der Waals surface area contributed by atoms with E-state index in [0.29, 0.717) is 12.8 Å². The average molecular weight is 469 g/mol. The Morgan fingerprint density at radius 3 is 2.27 bits per heavy atom. The van der Waals surface area contributed by atoms with Crippen molar-refractivity contribution in [3.05, 3.63) is 48.5 Å². The van der Waals surface area contributed by atoms with Gasteiger partial charge in [-0.1, -0.05) is 18.2 Å². The molecule has 162 valence electrons. The lowest BCUT2D eigenvalue weighted by atomic mass is 9.97. The normalized spacial score (nSPS) is 16.3. The largest absolute Gasteiger partial charge is 0.325 e. The van der Waals surface area contributed by atoms with E-state index in [1.165, 1.54) is 28.6 Å². The summed E-state index contributed by atoms with van der Waals surface area (Å²) in [5, 5.41) is 2.95. The maximum atomic E-state index is 12.9. The summed E-state index contributed by atoms with van der Waals surface area (Å²) in [6, 6.07) is 12.9. The minimum Gasteiger partial charge on any atom is -0.325 e. The topological polar surface area (TPSA) is 101 Å². The summed E-state index contributed by atoms with van der Waals surface area (Å²) in [4.78, 5) is 13.5. The van der Waals surface area contributed by atoms with Crippen LogP contribution in [0.25, 0.3) is 0 Å². The number of piperidine rings is 1. The molecule has 3 rings (SSSR count). The number of para-hydroxylation sites is 1. The number of sulfone groups is 1. The first-order chi connectivity index (χ1) is 14.1. The van der Waals surface area contributed by atoms with Gasteiger partial charge in [0, 0.05) is 30.2 Å². The zero-order valence-corrected chi connectivity index (χ0v) is 19.2. The number of sulfonamides is 1. The molecule has 0 saturated carbocycles. The third-order valence-corrected chi connectivity index (χ3v) is 8.86. The van der Waals surface area contributed by atoms with Crippen LogP contribution >= 0.6 is 11.8 Å². The minimum atomic E-state index is -3.83. The van der Waals surface area contributed by atoms with Crippen LogP contribution in [0.3, 0.4) is 0 Å². The molecule has 1 aliphatic heterocycles. The first kappa shape index (κ1) is 22.8. The molecule has 10 heteroatoms. The number of hydrogen-bond donors (Lipinski definition) is 1. The third kappa shape index (κ3) is 5.05. The van der Waals surface area contributed by atoms with Crippen molar-refractivity contribution in [2.24, 2.45) is 5.92 Å². The van der Waals surface area contributed by atoms with E-state index >= 15 is 0 Å². The number of hydrogen-bond acceptors (Lipinski definition) is 6. The zero-order valence-electron chi connectivity index (χ0n) is 16.7. The van der Waals surface area contributed by atoms with Crippen LogP contribution in [-0.2, 0) is 24.7 Å². The van der Waals surface area contributed by atoms with Crippen molar-refractivity contribution in [1.82, 2.24) is 4.31 Å². The molecule has 2 aromatic carbocycles. The summed E-state index contributed by atoms with van der Waals surface area (Å²) >= 11 is 1.54. The van der Waals surface area contributed by atoms with Crippen LogP contribution in [0.5, 0.6) is 0 Å². The van der Waals surface area contributed by atoms with Crippen LogP contribution in [-0.4, -0.2) is 52.6 Å². The van der Waals surface area contributed by atoms with Crippen LogP contribution in [0.4, 0.5) is 5.69 Å². The van der Waals surface area contributed by atoms with Gasteiger partial charge in [-0.05, 0) is 49.4 Å². The molecule has 1 heterocycles. The highest BCUT2D eigenvalue weighted by atomic mass is 32.2. The number of carbonyl (C=O) groups excluding carboxylic acids is 1. The summed E-state index contributed by atoms with van der Waals surface area (Å²) < 4.78 is 50.7. The number of amides is 1. The maximum Gasteiger partial charge on any atom is 0.243 e. The van der Waals surface area contributed by atoms with Crippen LogP contribution in [0, 0.1) is 5.92 Å². The van der Waals surface area contributed by atoms with Gasteiger partial charge in [-0.2, -0.15) is 4.31 Å². The van der Waals surface area contributed by atoms with Crippen molar-refractivity contribution in [2.75, 3.05) is 30.9 Å². The molecule has 0 bridgehead atoms. The number of rotatable bonds is 6. The van der Waals surface area contributed by atoms with Gasteiger partial charge in [0.2, 0.25) is 15.9 Å². The first-order valence-corrected chi connectivity index (χ1v) is 13.9. The molecule has 1 N–H and O–H groups in total. The van der Waals surface area contributed by atoms with Gasteiger partial charge in [0.25, 0.3) is 0 Å². The Bertz CT molecular complexity index is 1140. The van der Waals surface area contributed by atoms with E-state index in [2.05, 4.69) is 5.32 Å². The molecular weight excluding hydrogens is 444 g/mol. The van der Waals surface area contributed by atoms with Crippen LogP contribution in [0.2, 0.25) is 0 Å². The average Bonchev–Trinajstić information content (AvgIpc) is 2.73. The Morgan fingerprint density at radius 2 is 1.63 bits per heavy atom. The van der Waals surface area contributed by atoms with Crippen molar-refractivity contribution >= 4 is 43.2 Å². The van der Waals surface area contributed by atoms with Crippen molar-refractivity contribution in [3.63, 3.8) is 0 Å². The number of anilines is 1. The fraction of sp³-hybridized carbons (Fsp3) is 0.350. The highest BCUT2D eigenvalue weighted by Gasteiger charge is 2.32. The molecule has 1 saturated heterocycles. The summed E-state index contributed by atoms with van der Waals surface area (Å²) in [6.07, 6.45) is 3.78. The standard InChI is InChI=1S/C20H24N2O5S3/c1-28-19-9-4-3-8-18(19)21-20(23)15-10-12-22(13-11-15)30(26,27)17-7-5-6-16(14-17)29(2,24)25/h3-9,14-15H,10-13H2,1-2H3,(H,21,23). The molecule has 0 radical (unpaired) electrons. The Kier molecular flexibility index (Phi) is 6.91. The molecular formula is C20H24N2O5S3. The maximum absolute atomic E-state index is 12.9. The van der Waals surface area contributed by atoms with Crippen molar-refractivity contribution < 1.29 is 21.6 Å². The fourth-order valence-corrected chi connectivity index (χ4v) is 6.17. The fourth-order valence-electron chi connectivity index (χ4n) is 3.36. The highest BCUT2D eigenvalue weighted by molar-refractivity contribution is 7.98. The van der Waals surface area contributed by atoms with E-state index in [0.717, 1.165) is 16.8 Å². The van der Waals surface area contributed by atoms with E-state index in [1.807, 2.05) is 30.5 Å². The quantitative estimate of drug-likeness (QED) is 0.655. The van der Waals surface area contributed by atoms with E-state index in [-0.39, 0.29) is 34.7 Å². The van der Waals surface area contributed by atoms with Gasteiger partial charge in [0.15, 0.2) is 9.84 Å². The first-order valence-electron chi connectivity index (χ1n) is 9.37.